The molecule has 0 aromatic rings. The van der Waals surface area contributed by atoms with E-state index in [2.05, 4.69) is 10.3 Å². The van der Waals surface area contributed by atoms with Crippen LogP contribution >= 0.6 is 11.6 Å². The van der Waals surface area contributed by atoms with Gasteiger partial charge in [0.15, 0.2) is 0 Å². The molecule has 0 spiro atoms. The van der Waals surface area contributed by atoms with Crippen LogP contribution in [-0.2, 0) is 0 Å². The summed E-state index contributed by atoms with van der Waals surface area (Å²) in [6.07, 6.45) is 0. The molecule has 0 amide bonds. The predicted molar refractivity (Wildman–Crippen MR) is 47.2 cm³/mol. The average molecular weight is 194 g/mol. The van der Waals surface area contributed by atoms with E-state index >= 15 is 0 Å². The van der Waals surface area contributed by atoms with E-state index in [-0.39, 0.29) is 11.0 Å². The van der Waals surface area contributed by atoms with Crippen molar-refractivity contribution in [2.24, 2.45) is 10.3 Å². The number of oxime groups is 2. The summed E-state index contributed by atoms with van der Waals surface area (Å²) in [5.74, 6) is 0.0733. The molecule has 0 aliphatic carbocycles. The monoisotopic (exact) mass is 193 g/mol. The Hall–Kier alpha value is -0.970. The minimum atomic E-state index is -0.221. The number of nitrogens with zero attached hydrogens (tertiary/aromatic N) is 3. The van der Waals surface area contributed by atoms with Crippen molar-refractivity contribution in [3.63, 3.8) is 0 Å². The first-order valence-electron chi connectivity index (χ1n) is 3.56. The van der Waals surface area contributed by atoms with Gasteiger partial charge >= 0.3 is 0 Å². The summed E-state index contributed by atoms with van der Waals surface area (Å²) in [6, 6.07) is 0. The second-order valence-corrected chi connectivity index (χ2v) is 2.34. The highest BCUT2D eigenvalue weighted by Crippen LogP contribution is 1.97. The van der Waals surface area contributed by atoms with Crippen molar-refractivity contribution in [3.05, 3.63) is 0 Å². The molecule has 0 radical (unpaired) electrons. The highest BCUT2D eigenvalue weighted by atomic mass is 35.5. The zero-order valence-corrected chi connectivity index (χ0v) is 7.78. The van der Waals surface area contributed by atoms with Crippen molar-refractivity contribution in [2.75, 3.05) is 13.1 Å². The lowest BCUT2D eigenvalue weighted by Gasteiger charge is -2.19. The fraction of sp³-hybridized carbons (Fsp3) is 0.667. The molecule has 0 rings (SSSR count). The third-order valence-corrected chi connectivity index (χ3v) is 1.67. The molecule has 0 aliphatic heterocycles. The van der Waals surface area contributed by atoms with Crippen molar-refractivity contribution in [3.8, 4) is 0 Å². The molecule has 6 heteroatoms. The number of amidine groups is 1. The van der Waals surface area contributed by atoms with Gasteiger partial charge < -0.3 is 15.3 Å². The molecule has 0 atom stereocenters. The van der Waals surface area contributed by atoms with E-state index in [4.69, 9.17) is 22.0 Å². The van der Waals surface area contributed by atoms with Gasteiger partial charge in [-0.2, -0.15) is 0 Å². The number of hydrogen-bond acceptors (Lipinski definition) is 4. The summed E-state index contributed by atoms with van der Waals surface area (Å²) in [5.41, 5.74) is 0. The highest BCUT2D eigenvalue weighted by molar-refractivity contribution is 6.83. The van der Waals surface area contributed by atoms with Crippen LogP contribution in [-0.4, -0.2) is 39.4 Å². The van der Waals surface area contributed by atoms with Crippen LogP contribution in [0.3, 0.4) is 0 Å². The predicted octanol–water partition coefficient (Wildman–Crippen LogP) is 1.14. The van der Waals surface area contributed by atoms with E-state index in [1.165, 1.54) is 0 Å². The Labute approximate surface area is 75.9 Å². The van der Waals surface area contributed by atoms with Gasteiger partial charge in [-0.05, 0) is 13.8 Å². The minimum Gasteiger partial charge on any atom is -0.410 e. The van der Waals surface area contributed by atoms with Crippen LogP contribution in [0.15, 0.2) is 10.3 Å². The molecule has 5 nitrogen and oxygen atoms in total. The third-order valence-electron chi connectivity index (χ3n) is 1.43. The van der Waals surface area contributed by atoms with Crippen molar-refractivity contribution in [2.45, 2.75) is 13.8 Å². The van der Waals surface area contributed by atoms with Gasteiger partial charge in [-0.3, -0.25) is 0 Å². The van der Waals surface area contributed by atoms with E-state index in [0.29, 0.717) is 13.1 Å². The molecule has 0 aromatic heterocycles. The third kappa shape index (κ3) is 2.58. The average Bonchev–Trinajstić information content (AvgIpc) is 2.12. The Bertz CT molecular complexity index is 189. The first-order valence-corrected chi connectivity index (χ1v) is 3.93. The molecular formula is C6H12ClN3O2. The summed E-state index contributed by atoms with van der Waals surface area (Å²) in [6.45, 7) is 5.00. The van der Waals surface area contributed by atoms with Gasteiger partial charge in [-0.1, -0.05) is 21.9 Å². The molecule has 70 valence electrons. The largest absolute Gasteiger partial charge is 0.410 e. The van der Waals surface area contributed by atoms with E-state index in [1.807, 2.05) is 13.8 Å². The van der Waals surface area contributed by atoms with Crippen molar-refractivity contribution < 1.29 is 10.4 Å². The minimum absolute atomic E-state index is 0.0733. The van der Waals surface area contributed by atoms with Crippen molar-refractivity contribution in [1.29, 1.82) is 0 Å². The summed E-state index contributed by atoms with van der Waals surface area (Å²) in [4.78, 5) is 1.65. The Morgan fingerprint density at radius 2 is 1.75 bits per heavy atom. The van der Waals surface area contributed by atoms with Crippen LogP contribution in [0.1, 0.15) is 13.8 Å². The van der Waals surface area contributed by atoms with Crippen LogP contribution in [0.2, 0.25) is 0 Å². The van der Waals surface area contributed by atoms with E-state index in [1.54, 1.807) is 4.90 Å². The van der Waals surface area contributed by atoms with Gasteiger partial charge in [-0.25, -0.2) is 0 Å². The smallest absolute Gasteiger partial charge is 0.214 e. The first kappa shape index (κ1) is 11.0. The van der Waals surface area contributed by atoms with Crippen molar-refractivity contribution in [1.82, 2.24) is 4.90 Å². The van der Waals surface area contributed by atoms with Crippen LogP contribution < -0.4 is 0 Å². The van der Waals surface area contributed by atoms with Crippen LogP contribution in [0.4, 0.5) is 0 Å². The van der Waals surface area contributed by atoms with Gasteiger partial charge in [0.1, 0.15) is 0 Å². The maximum Gasteiger partial charge on any atom is 0.214 e. The van der Waals surface area contributed by atoms with Gasteiger partial charge in [0.25, 0.3) is 0 Å². The number of halogens is 1. The lowest BCUT2D eigenvalue weighted by atomic mass is 10.4. The van der Waals surface area contributed by atoms with E-state index < -0.39 is 0 Å². The van der Waals surface area contributed by atoms with Crippen LogP contribution in [0.5, 0.6) is 0 Å². The topological polar surface area (TPSA) is 68.4 Å². The summed E-state index contributed by atoms with van der Waals surface area (Å²) in [7, 11) is 0. The maximum absolute atomic E-state index is 8.53. The molecule has 0 saturated heterocycles. The van der Waals surface area contributed by atoms with Crippen molar-refractivity contribution >= 4 is 22.6 Å². The lowest BCUT2D eigenvalue weighted by molar-refractivity contribution is 0.302. The van der Waals surface area contributed by atoms with E-state index in [0.717, 1.165) is 0 Å². The molecule has 0 saturated carbocycles. The summed E-state index contributed by atoms with van der Waals surface area (Å²) in [5, 5.41) is 22.3. The highest BCUT2D eigenvalue weighted by Gasteiger charge is 2.13. The molecule has 0 aromatic carbocycles. The zero-order chi connectivity index (χ0) is 9.56. The Morgan fingerprint density at radius 3 is 2.00 bits per heavy atom. The van der Waals surface area contributed by atoms with Gasteiger partial charge in [0, 0.05) is 13.1 Å². The summed E-state index contributed by atoms with van der Waals surface area (Å²) < 4.78 is 0. The molecule has 0 fully saturated rings. The van der Waals surface area contributed by atoms with Crippen LogP contribution in [0, 0.1) is 0 Å². The number of hydrogen-bond donors (Lipinski definition) is 2. The summed E-state index contributed by atoms with van der Waals surface area (Å²) >= 11 is 5.45. The molecule has 12 heavy (non-hydrogen) atoms. The normalized spacial score (nSPS) is 13.2. The maximum atomic E-state index is 8.53. The molecule has 0 aliphatic rings. The molecule has 0 bridgehead atoms. The Morgan fingerprint density at radius 1 is 1.25 bits per heavy atom. The van der Waals surface area contributed by atoms with Crippen LogP contribution in [0.25, 0.3) is 0 Å². The van der Waals surface area contributed by atoms with Gasteiger partial charge in [0.2, 0.25) is 11.0 Å². The fourth-order valence-electron chi connectivity index (χ4n) is 0.803. The molecular weight excluding hydrogens is 182 g/mol. The number of rotatable bonds is 3. The standard InChI is InChI=1S/C6H12ClN3O2/c1-3-10(4-2)6(9-12)5(7)8-11/h11-12H,3-4H2,1-2H3/b8-5-,9-6+. The fourth-order valence-corrected chi connectivity index (χ4v) is 0.960. The second-order valence-electron chi connectivity index (χ2n) is 1.99. The SMILES string of the molecule is CCN(CC)C(=N/O)/C(Cl)=N/O. The van der Waals surface area contributed by atoms with Gasteiger partial charge in [0.05, 0.1) is 0 Å². The Balaban J connectivity index is 4.55. The second kappa shape index (κ2) is 5.65. The quantitative estimate of drug-likeness (QED) is 0.306. The lowest BCUT2D eigenvalue weighted by Crippen LogP contribution is -2.34. The van der Waals surface area contributed by atoms with E-state index in [9.17, 15) is 0 Å². The van der Waals surface area contributed by atoms with Gasteiger partial charge in [-0.15, -0.1) is 0 Å². The first-order chi connectivity index (χ1) is 5.71. The zero-order valence-electron chi connectivity index (χ0n) is 7.03. The molecule has 2 N–H and O–H groups in total. The molecule has 0 unspecified atom stereocenters. The Kier molecular flexibility index (Phi) is 5.19. The molecule has 0 heterocycles.